The van der Waals surface area contributed by atoms with Gasteiger partial charge in [0.2, 0.25) is 10.0 Å². The Morgan fingerprint density at radius 2 is 1.78 bits per heavy atom. The molecular weight excluding hydrogens is 424 g/mol. The summed E-state index contributed by atoms with van der Waals surface area (Å²) in [6.07, 6.45) is 5.43. The normalized spacial score (nSPS) is 15.2. The van der Waals surface area contributed by atoms with Crippen LogP contribution in [0.25, 0.3) is 0 Å². The molecule has 1 fully saturated rings. The predicted molar refractivity (Wildman–Crippen MR) is 127 cm³/mol. The number of carbonyl (C=O) groups is 1. The van der Waals surface area contributed by atoms with Crippen molar-refractivity contribution < 1.29 is 17.9 Å². The number of hydrogen-bond acceptors (Lipinski definition) is 4. The van der Waals surface area contributed by atoms with E-state index in [1.54, 1.807) is 23.4 Å². The zero-order valence-corrected chi connectivity index (χ0v) is 19.9. The minimum atomic E-state index is -3.60. The first-order valence-corrected chi connectivity index (χ1v) is 13.0. The van der Waals surface area contributed by atoms with Crippen molar-refractivity contribution in [2.24, 2.45) is 0 Å². The van der Waals surface area contributed by atoms with Crippen LogP contribution >= 0.6 is 0 Å². The van der Waals surface area contributed by atoms with Gasteiger partial charge in [-0.25, -0.2) is 8.42 Å². The first kappa shape index (κ1) is 24.3. The quantitative estimate of drug-likeness (QED) is 0.568. The van der Waals surface area contributed by atoms with E-state index in [4.69, 9.17) is 4.74 Å². The Bertz CT molecular complexity index is 1010. The average molecular weight is 459 g/mol. The summed E-state index contributed by atoms with van der Waals surface area (Å²) in [6.45, 7) is 5.94. The first-order valence-electron chi connectivity index (χ1n) is 11.5. The third-order valence-electron chi connectivity index (χ3n) is 5.81. The fraction of sp³-hybridized carbons (Fsp3) is 0.480. The molecule has 32 heavy (non-hydrogen) atoms. The van der Waals surface area contributed by atoms with Crippen molar-refractivity contribution in [2.75, 3.05) is 26.2 Å². The van der Waals surface area contributed by atoms with Crippen molar-refractivity contribution in [3.63, 3.8) is 0 Å². The van der Waals surface area contributed by atoms with Crippen LogP contribution in [0.4, 0.5) is 0 Å². The van der Waals surface area contributed by atoms with Crippen LogP contribution in [0.1, 0.15) is 60.5 Å². The summed E-state index contributed by atoms with van der Waals surface area (Å²) in [5.41, 5.74) is 2.15. The molecule has 0 radical (unpaired) electrons. The van der Waals surface area contributed by atoms with E-state index in [2.05, 4.69) is 5.32 Å². The van der Waals surface area contributed by atoms with Crippen LogP contribution in [0.2, 0.25) is 0 Å². The molecule has 2 aromatic rings. The Kier molecular flexibility index (Phi) is 8.70. The van der Waals surface area contributed by atoms with Gasteiger partial charge >= 0.3 is 0 Å². The lowest BCUT2D eigenvalue weighted by Crippen LogP contribution is -2.32. The second-order valence-electron chi connectivity index (χ2n) is 8.20. The Balaban J connectivity index is 1.63. The maximum absolute atomic E-state index is 13.2. The van der Waals surface area contributed by atoms with Gasteiger partial charge in [-0.15, -0.1) is 0 Å². The summed E-state index contributed by atoms with van der Waals surface area (Å²) in [5, 5.41) is 2.92. The number of carbonyl (C=O) groups excluding carboxylic acids is 1. The van der Waals surface area contributed by atoms with E-state index in [0.717, 1.165) is 49.8 Å². The smallest absolute Gasteiger partial charge is 0.251 e. The summed E-state index contributed by atoms with van der Waals surface area (Å²) < 4.78 is 33.7. The number of nitrogens with one attached hydrogen (secondary N) is 1. The Morgan fingerprint density at radius 3 is 2.50 bits per heavy atom. The molecule has 3 rings (SSSR count). The summed E-state index contributed by atoms with van der Waals surface area (Å²) in [6, 6.07) is 12.9. The van der Waals surface area contributed by atoms with Gasteiger partial charge in [-0.05, 0) is 68.9 Å². The van der Waals surface area contributed by atoms with Gasteiger partial charge in [0.15, 0.2) is 0 Å². The molecule has 1 aliphatic rings. The SMILES string of the molecule is CCOc1ccccc1CCCNC(=O)c1ccc(C)c(S(=O)(=O)N2CCCCCC2)c1. The standard InChI is InChI=1S/C25H34N2O4S/c1-3-31-23-13-7-6-11-21(23)12-10-16-26-25(28)22-15-14-20(2)24(19-22)32(29,30)27-17-8-4-5-9-18-27/h6-7,11,13-15,19H,3-5,8-10,12,16-18H2,1-2H3,(H,26,28). The minimum absolute atomic E-state index is 0.234. The highest BCUT2D eigenvalue weighted by Crippen LogP contribution is 2.24. The summed E-state index contributed by atoms with van der Waals surface area (Å²) >= 11 is 0. The number of hydrogen-bond donors (Lipinski definition) is 1. The van der Waals surface area contributed by atoms with Crippen LogP contribution in [0.3, 0.4) is 0 Å². The van der Waals surface area contributed by atoms with Gasteiger partial charge in [-0.2, -0.15) is 4.31 Å². The molecular formula is C25H34N2O4S. The number of nitrogens with zero attached hydrogens (tertiary/aromatic N) is 1. The largest absolute Gasteiger partial charge is 0.494 e. The monoisotopic (exact) mass is 458 g/mol. The second kappa shape index (κ2) is 11.5. The number of ether oxygens (including phenoxy) is 1. The second-order valence-corrected chi connectivity index (χ2v) is 10.1. The van der Waals surface area contributed by atoms with Crippen molar-refractivity contribution in [1.82, 2.24) is 9.62 Å². The number of benzene rings is 2. The molecule has 1 aliphatic heterocycles. The van der Waals surface area contributed by atoms with Crippen LogP contribution in [-0.2, 0) is 16.4 Å². The van der Waals surface area contributed by atoms with E-state index < -0.39 is 10.0 Å². The molecule has 0 bridgehead atoms. The zero-order valence-electron chi connectivity index (χ0n) is 19.1. The lowest BCUT2D eigenvalue weighted by atomic mass is 10.1. The van der Waals surface area contributed by atoms with Crippen molar-refractivity contribution in [2.45, 2.75) is 57.3 Å². The molecule has 0 atom stereocenters. The maximum Gasteiger partial charge on any atom is 0.251 e. The van der Waals surface area contributed by atoms with Gasteiger partial charge in [-0.3, -0.25) is 4.79 Å². The molecule has 1 amide bonds. The van der Waals surface area contributed by atoms with Gasteiger partial charge < -0.3 is 10.1 Å². The van der Waals surface area contributed by atoms with Gasteiger partial charge in [-0.1, -0.05) is 37.1 Å². The summed E-state index contributed by atoms with van der Waals surface area (Å²) in [4.78, 5) is 12.9. The Labute approximate surface area is 192 Å². The first-order chi connectivity index (χ1) is 15.4. The molecule has 7 heteroatoms. The number of rotatable bonds is 9. The lowest BCUT2D eigenvalue weighted by Gasteiger charge is -2.21. The van der Waals surface area contributed by atoms with Gasteiger partial charge in [0.05, 0.1) is 11.5 Å². The highest BCUT2D eigenvalue weighted by molar-refractivity contribution is 7.89. The van der Waals surface area contributed by atoms with E-state index in [9.17, 15) is 13.2 Å². The van der Waals surface area contributed by atoms with Crippen molar-refractivity contribution in [1.29, 1.82) is 0 Å². The van der Waals surface area contributed by atoms with Crippen LogP contribution in [0.5, 0.6) is 5.75 Å². The van der Waals surface area contributed by atoms with E-state index in [-0.39, 0.29) is 10.8 Å². The molecule has 0 spiro atoms. The summed E-state index contributed by atoms with van der Waals surface area (Å²) in [5.74, 6) is 0.624. The fourth-order valence-corrected chi connectivity index (χ4v) is 5.80. The van der Waals surface area contributed by atoms with Gasteiger partial charge in [0, 0.05) is 25.2 Å². The molecule has 174 valence electrons. The van der Waals surface area contributed by atoms with Gasteiger partial charge in [0.1, 0.15) is 5.75 Å². The molecule has 6 nitrogen and oxygen atoms in total. The average Bonchev–Trinajstić information content (AvgIpc) is 3.08. The number of aryl methyl sites for hydroxylation is 2. The Hall–Kier alpha value is -2.38. The number of para-hydroxylation sites is 1. The summed E-state index contributed by atoms with van der Waals surface area (Å²) in [7, 11) is -3.60. The number of sulfonamides is 1. The van der Waals surface area contributed by atoms with E-state index in [0.29, 0.717) is 37.4 Å². The van der Waals surface area contributed by atoms with E-state index in [1.807, 2.05) is 31.2 Å². The minimum Gasteiger partial charge on any atom is -0.494 e. The van der Waals surface area contributed by atoms with Crippen LogP contribution in [-0.4, -0.2) is 44.9 Å². The van der Waals surface area contributed by atoms with Crippen molar-refractivity contribution >= 4 is 15.9 Å². The van der Waals surface area contributed by atoms with Gasteiger partial charge in [0.25, 0.3) is 5.91 Å². The molecule has 0 aliphatic carbocycles. The maximum atomic E-state index is 13.2. The van der Waals surface area contributed by atoms with Crippen LogP contribution < -0.4 is 10.1 Å². The van der Waals surface area contributed by atoms with Crippen LogP contribution in [0.15, 0.2) is 47.4 Å². The lowest BCUT2D eigenvalue weighted by molar-refractivity contribution is 0.0953. The predicted octanol–water partition coefficient (Wildman–Crippen LogP) is 4.32. The van der Waals surface area contributed by atoms with Crippen molar-refractivity contribution in [3.8, 4) is 5.75 Å². The zero-order chi connectivity index (χ0) is 23.0. The third-order valence-corrected chi connectivity index (χ3v) is 7.85. The molecule has 1 saturated heterocycles. The fourth-order valence-electron chi connectivity index (χ4n) is 4.03. The van der Waals surface area contributed by atoms with Crippen LogP contribution in [0, 0.1) is 6.92 Å². The molecule has 0 saturated carbocycles. The molecule has 0 unspecified atom stereocenters. The molecule has 0 aromatic heterocycles. The number of amides is 1. The molecule has 2 aromatic carbocycles. The third kappa shape index (κ3) is 6.11. The van der Waals surface area contributed by atoms with Crippen molar-refractivity contribution in [3.05, 3.63) is 59.2 Å². The highest BCUT2D eigenvalue weighted by atomic mass is 32.2. The van der Waals surface area contributed by atoms with E-state index >= 15 is 0 Å². The highest BCUT2D eigenvalue weighted by Gasteiger charge is 2.27. The topological polar surface area (TPSA) is 75.7 Å². The molecule has 1 N–H and O–H groups in total. The Morgan fingerprint density at radius 1 is 1.06 bits per heavy atom. The van der Waals surface area contributed by atoms with E-state index in [1.165, 1.54) is 6.07 Å². The molecule has 1 heterocycles.